The van der Waals surface area contributed by atoms with Crippen LogP contribution in [0.3, 0.4) is 0 Å². The third-order valence-electron chi connectivity index (χ3n) is 2.09. The van der Waals surface area contributed by atoms with Crippen molar-refractivity contribution in [1.82, 2.24) is 5.32 Å². The molecule has 0 aliphatic carbocycles. The molecule has 0 spiro atoms. The van der Waals surface area contributed by atoms with Gasteiger partial charge in [0.05, 0.1) is 0 Å². The van der Waals surface area contributed by atoms with Crippen LogP contribution in [0.1, 0.15) is 40.0 Å². The summed E-state index contributed by atoms with van der Waals surface area (Å²) in [5, 5.41) is 3.29. The van der Waals surface area contributed by atoms with Gasteiger partial charge in [-0.3, -0.25) is 0 Å². The number of unbranched alkanes of at least 4 members (excludes halogenated alkanes) is 1. The molecule has 0 rings (SSSR count). The first kappa shape index (κ1) is 10.7. The molecule has 0 atom stereocenters. The normalized spacial score (nSPS) is 12.7. The Balaban J connectivity index is 3.37. The second-order valence-electron chi connectivity index (χ2n) is 3.60. The van der Waals surface area contributed by atoms with Gasteiger partial charge < -0.3 is 5.32 Å². The van der Waals surface area contributed by atoms with Gasteiger partial charge >= 0.3 is 0 Å². The molecule has 0 fully saturated rings. The Kier molecular flexibility index (Phi) is 5.22. The topological polar surface area (TPSA) is 12.0 Å². The average molecular weight is 155 g/mol. The molecule has 0 bridgehead atoms. The third kappa shape index (κ3) is 6.11. The molecule has 0 radical (unpaired) electrons. The number of nitrogens with one attached hydrogen (secondary N) is 1. The molecule has 0 unspecified atom stereocenters. The van der Waals surface area contributed by atoms with Crippen LogP contribution in [0.5, 0.6) is 0 Å². The molecule has 0 aliphatic rings. The van der Waals surface area contributed by atoms with Gasteiger partial charge in [-0.2, -0.15) is 0 Å². The monoisotopic (exact) mass is 155 g/mol. The zero-order valence-corrected chi connectivity index (χ0v) is 8.28. The van der Waals surface area contributed by atoms with E-state index in [-0.39, 0.29) is 0 Å². The largest absolute Gasteiger partial charge is 0.315 e. The number of rotatable bonds is 5. The van der Waals surface area contributed by atoms with E-state index in [1.54, 1.807) is 0 Å². The fraction of sp³-hybridized carbons (Fsp3) is 0.800. The van der Waals surface area contributed by atoms with Crippen LogP contribution in [0.25, 0.3) is 0 Å². The molecule has 0 amide bonds. The minimum atomic E-state index is 0.307. The molecule has 0 saturated carbocycles. The van der Waals surface area contributed by atoms with Crippen LogP contribution in [-0.4, -0.2) is 12.6 Å². The molecular formula is C10H21N. The summed E-state index contributed by atoms with van der Waals surface area (Å²) in [6.45, 7) is 6.55. The molecule has 0 aromatic heterocycles. The quantitative estimate of drug-likeness (QED) is 0.475. The van der Waals surface area contributed by atoms with Crippen molar-refractivity contribution in [3.63, 3.8) is 0 Å². The summed E-state index contributed by atoms with van der Waals surface area (Å²) in [5.74, 6) is 0. The van der Waals surface area contributed by atoms with Gasteiger partial charge in [0, 0.05) is 5.54 Å². The molecular weight excluding hydrogens is 134 g/mol. The summed E-state index contributed by atoms with van der Waals surface area (Å²) in [6.07, 6.45) is 8.08. The molecule has 1 N–H and O–H groups in total. The first-order valence-electron chi connectivity index (χ1n) is 4.42. The summed E-state index contributed by atoms with van der Waals surface area (Å²) >= 11 is 0. The molecule has 0 aromatic rings. The lowest BCUT2D eigenvalue weighted by Gasteiger charge is -2.23. The first-order valence-corrected chi connectivity index (χ1v) is 4.42. The molecule has 1 nitrogen and oxygen atoms in total. The van der Waals surface area contributed by atoms with E-state index in [1.165, 1.54) is 19.3 Å². The molecule has 66 valence electrons. The van der Waals surface area contributed by atoms with Crippen LogP contribution in [-0.2, 0) is 0 Å². The van der Waals surface area contributed by atoms with Crippen LogP contribution in [0.2, 0.25) is 0 Å². The van der Waals surface area contributed by atoms with Crippen molar-refractivity contribution in [3.05, 3.63) is 12.2 Å². The summed E-state index contributed by atoms with van der Waals surface area (Å²) in [6, 6.07) is 0. The lowest BCUT2D eigenvalue weighted by Crippen LogP contribution is -2.35. The number of allylic oxidation sites excluding steroid dienone is 2. The highest BCUT2D eigenvalue weighted by molar-refractivity contribution is 4.80. The highest BCUT2D eigenvalue weighted by Crippen LogP contribution is 2.11. The first-order chi connectivity index (χ1) is 5.12. The predicted molar refractivity (Wildman–Crippen MR) is 51.8 cm³/mol. The van der Waals surface area contributed by atoms with Crippen LogP contribution in [0.4, 0.5) is 0 Å². The molecule has 0 aromatic carbocycles. The summed E-state index contributed by atoms with van der Waals surface area (Å²) in [5.41, 5.74) is 0.307. The van der Waals surface area contributed by atoms with Gasteiger partial charge in [-0.25, -0.2) is 0 Å². The van der Waals surface area contributed by atoms with Crippen LogP contribution in [0.15, 0.2) is 12.2 Å². The van der Waals surface area contributed by atoms with Crippen LogP contribution >= 0.6 is 0 Å². The Labute approximate surface area is 70.9 Å². The Hall–Kier alpha value is -0.300. The van der Waals surface area contributed by atoms with E-state index < -0.39 is 0 Å². The van der Waals surface area contributed by atoms with Crippen molar-refractivity contribution in [3.8, 4) is 0 Å². The van der Waals surface area contributed by atoms with Gasteiger partial charge in [0.15, 0.2) is 0 Å². The predicted octanol–water partition coefficient (Wildman–Crippen LogP) is 2.73. The van der Waals surface area contributed by atoms with Crippen molar-refractivity contribution in [1.29, 1.82) is 0 Å². The molecule has 11 heavy (non-hydrogen) atoms. The maximum Gasteiger partial charge on any atom is 0.0122 e. The Morgan fingerprint density at radius 3 is 2.45 bits per heavy atom. The van der Waals surface area contributed by atoms with Gasteiger partial charge in [-0.15, -0.1) is 0 Å². The summed E-state index contributed by atoms with van der Waals surface area (Å²) in [4.78, 5) is 0. The Morgan fingerprint density at radius 2 is 2.00 bits per heavy atom. The minimum Gasteiger partial charge on any atom is -0.315 e. The van der Waals surface area contributed by atoms with E-state index in [0.717, 1.165) is 0 Å². The molecule has 1 heteroatoms. The number of hydrogen-bond acceptors (Lipinski definition) is 1. The summed E-state index contributed by atoms with van der Waals surface area (Å²) < 4.78 is 0. The zero-order chi connectivity index (χ0) is 8.74. The van der Waals surface area contributed by atoms with Crippen molar-refractivity contribution in [2.75, 3.05) is 7.05 Å². The van der Waals surface area contributed by atoms with Crippen molar-refractivity contribution < 1.29 is 0 Å². The van der Waals surface area contributed by atoms with Crippen LogP contribution < -0.4 is 5.32 Å². The molecule has 0 aliphatic heterocycles. The summed E-state index contributed by atoms with van der Waals surface area (Å²) in [7, 11) is 2.02. The molecule has 0 heterocycles. The van der Waals surface area contributed by atoms with E-state index in [0.29, 0.717) is 5.54 Å². The fourth-order valence-corrected chi connectivity index (χ4v) is 0.954. The van der Waals surface area contributed by atoms with E-state index in [9.17, 15) is 0 Å². The van der Waals surface area contributed by atoms with E-state index in [1.807, 2.05) is 7.05 Å². The smallest absolute Gasteiger partial charge is 0.0122 e. The standard InChI is InChI=1S/C10H21N/c1-5-6-7-8-9-10(2,3)11-4/h5-6,11H,7-9H2,1-4H3/b6-5+. The average Bonchev–Trinajstić information content (AvgIpc) is 1.99. The maximum atomic E-state index is 3.29. The van der Waals surface area contributed by atoms with Crippen molar-refractivity contribution >= 4 is 0 Å². The minimum absolute atomic E-state index is 0.307. The third-order valence-corrected chi connectivity index (χ3v) is 2.09. The second kappa shape index (κ2) is 5.36. The highest BCUT2D eigenvalue weighted by atomic mass is 14.9. The lowest BCUT2D eigenvalue weighted by molar-refractivity contribution is 0.383. The SMILES string of the molecule is C/C=C/CCCC(C)(C)NC. The van der Waals surface area contributed by atoms with Crippen molar-refractivity contribution in [2.45, 2.75) is 45.6 Å². The van der Waals surface area contributed by atoms with Gasteiger partial charge in [-0.05, 0) is 47.1 Å². The van der Waals surface area contributed by atoms with Gasteiger partial charge in [0.25, 0.3) is 0 Å². The second-order valence-corrected chi connectivity index (χ2v) is 3.60. The maximum absolute atomic E-state index is 3.29. The van der Waals surface area contributed by atoms with E-state index >= 15 is 0 Å². The van der Waals surface area contributed by atoms with E-state index in [4.69, 9.17) is 0 Å². The Morgan fingerprint density at radius 1 is 1.36 bits per heavy atom. The van der Waals surface area contributed by atoms with Gasteiger partial charge in [-0.1, -0.05) is 12.2 Å². The van der Waals surface area contributed by atoms with Gasteiger partial charge in [0.1, 0.15) is 0 Å². The van der Waals surface area contributed by atoms with Gasteiger partial charge in [0.2, 0.25) is 0 Å². The Bertz CT molecular complexity index is 114. The number of hydrogen-bond donors (Lipinski definition) is 1. The van der Waals surface area contributed by atoms with Crippen molar-refractivity contribution in [2.24, 2.45) is 0 Å². The zero-order valence-electron chi connectivity index (χ0n) is 8.28. The van der Waals surface area contributed by atoms with E-state index in [2.05, 4.69) is 38.2 Å². The highest BCUT2D eigenvalue weighted by Gasteiger charge is 2.12. The fourth-order valence-electron chi connectivity index (χ4n) is 0.954. The molecule has 0 saturated heterocycles. The lowest BCUT2D eigenvalue weighted by atomic mass is 9.98. The van der Waals surface area contributed by atoms with Crippen LogP contribution in [0, 0.1) is 0 Å².